The summed E-state index contributed by atoms with van der Waals surface area (Å²) in [4.78, 5) is 42.1. The third-order valence-corrected chi connectivity index (χ3v) is 3.37. The van der Waals surface area contributed by atoms with Crippen LogP contribution in [0.3, 0.4) is 0 Å². The minimum atomic E-state index is -1.25. The molecule has 9 nitrogen and oxygen atoms in total. The number of amides is 1. The Morgan fingerprint density at radius 2 is 2.08 bits per heavy atom. The molecule has 1 aromatic rings. The summed E-state index contributed by atoms with van der Waals surface area (Å²) in [5.41, 5.74) is -1.04. The number of hydrogen-bond acceptors (Lipinski definition) is 8. The number of nitrogens with one attached hydrogen (secondary N) is 1. The van der Waals surface area contributed by atoms with E-state index in [1.165, 1.54) is 6.92 Å². The fraction of sp³-hybridized carbons (Fsp3) is 0.462. The predicted octanol–water partition coefficient (Wildman–Crippen LogP) is 2.54. The molecule has 24 heavy (non-hydrogen) atoms. The fourth-order valence-corrected chi connectivity index (χ4v) is 2.25. The fourth-order valence-electron chi connectivity index (χ4n) is 1.21. The second-order valence-electron chi connectivity index (χ2n) is 5.45. The molecule has 1 heterocycles. The van der Waals surface area contributed by atoms with Gasteiger partial charge in [-0.15, -0.1) is 0 Å². The van der Waals surface area contributed by atoms with Gasteiger partial charge in [0.2, 0.25) is 6.10 Å². The quantitative estimate of drug-likeness (QED) is 0.443. The molecular formula is C13H16ClN3O6S. The number of ether oxygens (including phenoxy) is 1. The first kappa shape index (κ1) is 19.8. The third kappa shape index (κ3) is 6.13. The highest BCUT2D eigenvalue weighted by molar-refractivity contribution is 7.20. The summed E-state index contributed by atoms with van der Waals surface area (Å²) in [5, 5.41) is 14.6. The molecule has 1 atom stereocenters. The number of carbonyl (C=O) groups excluding carboxylic acids is 2. The summed E-state index contributed by atoms with van der Waals surface area (Å²) in [6.45, 7) is 6.34. The summed E-state index contributed by atoms with van der Waals surface area (Å²) in [5.74, 6) is -1.25. The highest BCUT2D eigenvalue weighted by atomic mass is 35.5. The SMILES string of the molecule is C[C@H](O/N=C(\C=O)c1nc(NC(=O)OC(C)(C)C)sc1Cl)C(=O)O. The molecule has 0 saturated carbocycles. The van der Waals surface area contributed by atoms with Crippen LogP contribution in [0.5, 0.6) is 0 Å². The van der Waals surface area contributed by atoms with Crippen molar-refractivity contribution in [1.82, 2.24) is 4.98 Å². The lowest BCUT2D eigenvalue weighted by molar-refractivity contribution is -0.149. The number of aldehydes is 1. The number of halogens is 1. The molecule has 132 valence electrons. The van der Waals surface area contributed by atoms with Gasteiger partial charge in [-0.2, -0.15) is 0 Å². The molecule has 0 aliphatic heterocycles. The predicted molar refractivity (Wildman–Crippen MR) is 87.8 cm³/mol. The Balaban J connectivity index is 2.91. The highest BCUT2D eigenvalue weighted by Gasteiger charge is 2.21. The minimum absolute atomic E-state index is 0.0414. The molecule has 0 aliphatic rings. The van der Waals surface area contributed by atoms with Gasteiger partial charge in [0, 0.05) is 0 Å². The Morgan fingerprint density at radius 3 is 2.58 bits per heavy atom. The van der Waals surface area contributed by atoms with Crippen molar-refractivity contribution in [2.24, 2.45) is 5.16 Å². The normalized spacial score (nSPS) is 13.1. The van der Waals surface area contributed by atoms with Gasteiger partial charge in [0.25, 0.3) is 0 Å². The van der Waals surface area contributed by atoms with Crippen molar-refractivity contribution in [2.75, 3.05) is 5.32 Å². The summed E-state index contributed by atoms with van der Waals surface area (Å²) >= 11 is 6.85. The molecule has 0 saturated heterocycles. The van der Waals surface area contributed by atoms with Crippen LogP contribution in [0.25, 0.3) is 0 Å². The average Bonchev–Trinajstić information content (AvgIpc) is 2.77. The lowest BCUT2D eigenvalue weighted by atomic mass is 10.2. The summed E-state index contributed by atoms with van der Waals surface area (Å²) in [6, 6.07) is 0. The van der Waals surface area contributed by atoms with E-state index in [2.05, 4.69) is 20.3 Å². The zero-order valence-corrected chi connectivity index (χ0v) is 14.9. The lowest BCUT2D eigenvalue weighted by Crippen LogP contribution is -2.27. The molecule has 0 bridgehead atoms. The highest BCUT2D eigenvalue weighted by Crippen LogP contribution is 2.28. The van der Waals surface area contributed by atoms with E-state index >= 15 is 0 Å². The van der Waals surface area contributed by atoms with Gasteiger partial charge >= 0.3 is 12.1 Å². The number of nitrogens with zero attached hydrogens (tertiary/aromatic N) is 2. The van der Waals surface area contributed by atoms with Gasteiger partial charge in [0.05, 0.1) is 0 Å². The molecule has 0 unspecified atom stereocenters. The van der Waals surface area contributed by atoms with E-state index in [1.807, 2.05) is 0 Å². The monoisotopic (exact) mass is 377 g/mol. The first-order valence-electron chi connectivity index (χ1n) is 6.62. The number of rotatable bonds is 6. The van der Waals surface area contributed by atoms with Crippen molar-refractivity contribution in [1.29, 1.82) is 0 Å². The molecular weight excluding hydrogens is 362 g/mol. The zero-order valence-electron chi connectivity index (χ0n) is 13.3. The van der Waals surface area contributed by atoms with Crippen LogP contribution in [0.1, 0.15) is 33.4 Å². The molecule has 0 aliphatic carbocycles. The van der Waals surface area contributed by atoms with Crippen molar-refractivity contribution < 1.29 is 29.1 Å². The molecule has 2 N–H and O–H groups in total. The van der Waals surface area contributed by atoms with E-state index in [4.69, 9.17) is 21.4 Å². The number of carbonyl (C=O) groups is 3. The maximum Gasteiger partial charge on any atom is 0.413 e. The summed E-state index contributed by atoms with van der Waals surface area (Å²) in [7, 11) is 0. The number of oxime groups is 1. The Bertz CT molecular complexity index is 667. The Hall–Kier alpha value is -2.20. The van der Waals surface area contributed by atoms with Crippen LogP contribution in [0.4, 0.5) is 9.93 Å². The van der Waals surface area contributed by atoms with Crippen LogP contribution < -0.4 is 5.32 Å². The molecule has 0 fully saturated rings. The van der Waals surface area contributed by atoms with Crippen LogP contribution in [0.15, 0.2) is 5.16 Å². The number of carboxylic acids is 1. The Labute approximate surface area is 146 Å². The topological polar surface area (TPSA) is 127 Å². The number of thiazole rings is 1. The second-order valence-corrected chi connectivity index (χ2v) is 7.05. The van der Waals surface area contributed by atoms with E-state index in [9.17, 15) is 14.4 Å². The van der Waals surface area contributed by atoms with E-state index < -0.39 is 23.8 Å². The number of aliphatic carboxylic acids is 1. The van der Waals surface area contributed by atoms with Crippen LogP contribution in [-0.4, -0.2) is 45.9 Å². The first-order valence-corrected chi connectivity index (χ1v) is 7.81. The standard InChI is InChI=1S/C13H16ClN3O6S/c1-6(10(19)20)23-17-7(5-18)8-9(14)24-11(15-8)16-12(21)22-13(2,3)4/h5-6H,1-4H3,(H,19,20)(H,15,16,21)/b17-7+/t6-/m0/s1. The van der Waals surface area contributed by atoms with Crippen molar-refractivity contribution in [2.45, 2.75) is 39.4 Å². The zero-order chi connectivity index (χ0) is 18.5. The smallest absolute Gasteiger partial charge is 0.413 e. The first-order chi connectivity index (χ1) is 11.0. The largest absolute Gasteiger partial charge is 0.478 e. The molecule has 0 radical (unpaired) electrons. The molecule has 1 rings (SSSR count). The number of anilines is 1. The van der Waals surface area contributed by atoms with Gasteiger partial charge in [-0.3, -0.25) is 10.1 Å². The average molecular weight is 378 g/mol. The molecule has 0 spiro atoms. The van der Waals surface area contributed by atoms with Crippen molar-refractivity contribution in [3.63, 3.8) is 0 Å². The third-order valence-electron chi connectivity index (χ3n) is 2.20. The van der Waals surface area contributed by atoms with Gasteiger partial charge in [-0.1, -0.05) is 28.1 Å². The van der Waals surface area contributed by atoms with Gasteiger partial charge in [-0.05, 0) is 27.7 Å². The summed E-state index contributed by atoms with van der Waals surface area (Å²) in [6.07, 6.45) is -1.68. The van der Waals surface area contributed by atoms with Gasteiger partial charge in [0.15, 0.2) is 17.1 Å². The van der Waals surface area contributed by atoms with E-state index in [1.54, 1.807) is 20.8 Å². The maximum absolute atomic E-state index is 11.7. The molecule has 1 aromatic heterocycles. The Morgan fingerprint density at radius 1 is 1.46 bits per heavy atom. The van der Waals surface area contributed by atoms with E-state index in [0.717, 1.165) is 11.3 Å². The van der Waals surface area contributed by atoms with Crippen LogP contribution in [-0.2, 0) is 19.2 Å². The number of aromatic nitrogens is 1. The molecule has 0 aromatic carbocycles. The van der Waals surface area contributed by atoms with E-state index in [0.29, 0.717) is 6.29 Å². The number of hydrogen-bond donors (Lipinski definition) is 2. The number of carboxylic acid groups (broad SMARTS) is 1. The molecule has 11 heteroatoms. The van der Waals surface area contributed by atoms with E-state index in [-0.39, 0.29) is 20.9 Å². The van der Waals surface area contributed by atoms with Crippen LogP contribution in [0, 0.1) is 0 Å². The second kappa shape index (κ2) is 8.06. The lowest BCUT2D eigenvalue weighted by Gasteiger charge is -2.18. The van der Waals surface area contributed by atoms with Crippen molar-refractivity contribution in [3.05, 3.63) is 10.0 Å². The molecule has 1 amide bonds. The van der Waals surface area contributed by atoms with Gasteiger partial charge < -0.3 is 14.7 Å². The maximum atomic E-state index is 11.7. The summed E-state index contributed by atoms with van der Waals surface area (Å²) < 4.78 is 5.13. The minimum Gasteiger partial charge on any atom is -0.478 e. The van der Waals surface area contributed by atoms with Crippen LogP contribution in [0.2, 0.25) is 4.34 Å². The van der Waals surface area contributed by atoms with Gasteiger partial charge in [-0.25, -0.2) is 14.6 Å². The Kier molecular flexibility index (Phi) is 6.67. The van der Waals surface area contributed by atoms with Crippen molar-refractivity contribution >= 4 is 52.1 Å². The van der Waals surface area contributed by atoms with Crippen LogP contribution >= 0.6 is 22.9 Å². The van der Waals surface area contributed by atoms with Crippen molar-refractivity contribution in [3.8, 4) is 0 Å². The van der Waals surface area contributed by atoms with Gasteiger partial charge in [0.1, 0.15) is 15.6 Å².